The van der Waals surface area contributed by atoms with E-state index in [9.17, 15) is 4.39 Å². The summed E-state index contributed by atoms with van der Waals surface area (Å²) in [5.74, 6) is -0.356. The average molecular weight is 154 g/mol. The molecule has 1 aromatic rings. The van der Waals surface area contributed by atoms with Crippen molar-refractivity contribution in [1.29, 1.82) is 0 Å². The van der Waals surface area contributed by atoms with Gasteiger partial charge in [0, 0.05) is 12.5 Å². The molecule has 0 unspecified atom stereocenters. The quantitative estimate of drug-likeness (QED) is 0.690. The van der Waals surface area contributed by atoms with Gasteiger partial charge in [-0.3, -0.25) is 0 Å². The molecule has 0 aliphatic rings. The first-order valence-electron chi connectivity index (χ1n) is 3.61. The molecule has 1 aromatic carbocycles. The van der Waals surface area contributed by atoms with Crippen molar-refractivity contribution in [2.45, 2.75) is 12.8 Å². The van der Waals surface area contributed by atoms with Crippen LogP contribution in [0.3, 0.4) is 0 Å². The number of aliphatic hydroxyl groups is 1. The van der Waals surface area contributed by atoms with Crippen molar-refractivity contribution in [1.82, 2.24) is 0 Å². The van der Waals surface area contributed by atoms with Gasteiger partial charge in [0.1, 0.15) is 5.82 Å². The maximum absolute atomic E-state index is 12.9. The Morgan fingerprint density at radius 3 is 2.64 bits per heavy atom. The van der Waals surface area contributed by atoms with Crippen LogP contribution in [0.25, 0.3) is 0 Å². The number of aliphatic hydroxyl groups excluding tert-OH is 1. The molecule has 0 heterocycles. The van der Waals surface area contributed by atoms with Gasteiger partial charge in [-0.05, 0) is 11.6 Å². The molecule has 0 aliphatic heterocycles. The zero-order valence-corrected chi connectivity index (χ0v) is 6.42. The van der Waals surface area contributed by atoms with E-state index in [-0.39, 0.29) is 18.3 Å². The largest absolute Gasteiger partial charge is 0.396 e. The highest BCUT2D eigenvalue weighted by atomic mass is 19.1. The normalized spacial score (nSPS) is 13.0. The van der Waals surface area contributed by atoms with E-state index < -0.39 is 0 Å². The van der Waals surface area contributed by atoms with Gasteiger partial charge in [0.25, 0.3) is 0 Å². The second-order valence-corrected chi connectivity index (χ2v) is 2.61. The second-order valence-electron chi connectivity index (χ2n) is 2.61. The summed E-state index contributed by atoms with van der Waals surface area (Å²) in [6.45, 7) is 1.78. The fourth-order valence-corrected chi connectivity index (χ4v) is 0.973. The minimum Gasteiger partial charge on any atom is -0.396 e. The number of hydrogen-bond donors (Lipinski definition) is 1. The molecule has 2 heteroatoms. The minimum atomic E-state index is -0.242. The van der Waals surface area contributed by atoms with Gasteiger partial charge in [-0.25, -0.2) is 4.39 Å². The molecule has 11 heavy (non-hydrogen) atoms. The Kier molecular flexibility index (Phi) is 2.60. The summed E-state index contributed by atoms with van der Waals surface area (Å²) in [6, 6.07) is 6.51. The van der Waals surface area contributed by atoms with Gasteiger partial charge in [-0.1, -0.05) is 25.1 Å². The SMILES string of the molecule is C[C@@H](CO)c1ccccc1F. The fourth-order valence-electron chi connectivity index (χ4n) is 0.973. The zero-order chi connectivity index (χ0) is 8.27. The van der Waals surface area contributed by atoms with Crippen molar-refractivity contribution in [3.63, 3.8) is 0 Å². The van der Waals surface area contributed by atoms with Crippen molar-refractivity contribution >= 4 is 0 Å². The van der Waals surface area contributed by atoms with Crippen molar-refractivity contribution in [2.75, 3.05) is 6.61 Å². The second kappa shape index (κ2) is 3.49. The van der Waals surface area contributed by atoms with Crippen LogP contribution in [0.15, 0.2) is 24.3 Å². The van der Waals surface area contributed by atoms with E-state index in [0.29, 0.717) is 5.56 Å². The van der Waals surface area contributed by atoms with E-state index in [1.54, 1.807) is 25.1 Å². The molecule has 1 rings (SSSR count). The molecule has 60 valence electrons. The minimum absolute atomic E-state index is 0.0130. The predicted molar refractivity (Wildman–Crippen MR) is 41.9 cm³/mol. The van der Waals surface area contributed by atoms with Crippen LogP contribution >= 0.6 is 0 Å². The van der Waals surface area contributed by atoms with E-state index in [4.69, 9.17) is 5.11 Å². The molecule has 1 nitrogen and oxygen atoms in total. The lowest BCUT2D eigenvalue weighted by molar-refractivity contribution is 0.270. The fraction of sp³-hybridized carbons (Fsp3) is 0.333. The summed E-state index contributed by atoms with van der Waals surface area (Å²) in [4.78, 5) is 0. The molecule has 0 fully saturated rings. The van der Waals surface area contributed by atoms with Crippen LogP contribution in [0, 0.1) is 5.82 Å². The average Bonchev–Trinajstić information content (AvgIpc) is 2.04. The summed E-state index contributed by atoms with van der Waals surface area (Å²) >= 11 is 0. The van der Waals surface area contributed by atoms with Crippen LogP contribution in [-0.4, -0.2) is 11.7 Å². The third-order valence-electron chi connectivity index (χ3n) is 1.71. The van der Waals surface area contributed by atoms with Gasteiger partial charge in [0.2, 0.25) is 0 Å². The summed E-state index contributed by atoms with van der Waals surface area (Å²) in [5.41, 5.74) is 0.579. The molecule has 0 saturated carbocycles. The van der Waals surface area contributed by atoms with Crippen molar-refractivity contribution in [3.8, 4) is 0 Å². The van der Waals surface area contributed by atoms with E-state index in [2.05, 4.69) is 0 Å². The Hall–Kier alpha value is -0.890. The standard InChI is InChI=1S/C9H11FO/c1-7(6-11)8-4-2-3-5-9(8)10/h2-5,7,11H,6H2,1H3/t7-/m0/s1. The van der Waals surface area contributed by atoms with Crippen LogP contribution in [-0.2, 0) is 0 Å². The Morgan fingerprint density at radius 1 is 1.45 bits per heavy atom. The topological polar surface area (TPSA) is 20.2 Å². The molecule has 0 saturated heterocycles. The van der Waals surface area contributed by atoms with E-state index in [1.807, 2.05) is 0 Å². The lowest BCUT2D eigenvalue weighted by Gasteiger charge is -2.07. The van der Waals surface area contributed by atoms with E-state index >= 15 is 0 Å². The molecular formula is C9H11FO. The molecule has 0 amide bonds. The smallest absolute Gasteiger partial charge is 0.126 e. The van der Waals surface area contributed by atoms with Crippen LogP contribution in [0.1, 0.15) is 18.4 Å². The molecule has 0 bridgehead atoms. The first-order valence-corrected chi connectivity index (χ1v) is 3.61. The van der Waals surface area contributed by atoms with Crippen LogP contribution < -0.4 is 0 Å². The number of hydrogen-bond acceptors (Lipinski definition) is 1. The molecule has 0 aromatic heterocycles. The summed E-state index contributed by atoms with van der Waals surface area (Å²) in [7, 11) is 0. The highest BCUT2D eigenvalue weighted by molar-refractivity contribution is 5.20. The molecule has 0 aliphatic carbocycles. The van der Waals surface area contributed by atoms with Crippen LogP contribution in [0.5, 0.6) is 0 Å². The van der Waals surface area contributed by atoms with Crippen LogP contribution in [0.2, 0.25) is 0 Å². The first kappa shape index (κ1) is 8.21. The predicted octanol–water partition coefficient (Wildman–Crippen LogP) is 1.92. The zero-order valence-electron chi connectivity index (χ0n) is 6.42. The van der Waals surface area contributed by atoms with Gasteiger partial charge in [0.15, 0.2) is 0 Å². The Labute approximate surface area is 65.5 Å². The molecule has 1 atom stereocenters. The Morgan fingerprint density at radius 2 is 2.09 bits per heavy atom. The van der Waals surface area contributed by atoms with E-state index in [1.165, 1.54) is 6.07 Å². The third kappa shape index (κ3) is 1.77. The summed E-state index contributed by atoms with van der Waals surface area (Å²) in [5, 5.41) is 8.75. The van der Waals surface area contributed by atoms with Crippen molar-refractivity contribution in [2.24, 2.45) is 0 Å². The summed E-state index contributed by atoms with van der Waals surface area (Å²) < 4.78 is 12.9. The maximum atomic E-state index is 12.9. The highest BCUT2D eigenvalue weighted by Crippen LogP contribution is 2.17. The highest BCUT2D eigenvalue weighted by Gasteiger charge is 2.07. The van der Waals surface area contributed by atoms with Gasteiger partial charge in [-0.2, -0.15) is 0 Å². The number of halogens is 1. The Balaban J connectivity index is 2.93. The van der Waals surface area contributed by atoms with Gasteiger partial charge in [0.05, 0.1) is 0 Å². The lowest BCUT2D eigenvalue weighted by atomic mass is 10.0. The molecule has 0 radical (unpaired) electrons. The molecule has 0 spiro atoms. The monoisotopic (exact) mass is 154 g/mol. The first-order chi connectivity index (χ1) is 5.25. The molecular weight excluding hydrogens is 143 g/mol. The van der Waals surface area contributed by atoms with Crippen molar-refractivity contribution < 1.29 is 9.50 Å². The lowest BCUT2D eigenvalue weighted by Crippen LogP contribution is -2.01. The van der Waals surface area contributed by atoms with Crippen molar-refractivity contribution in [3.05, 3.63) is 35.6 Å². The van der Waals surface area contributed by atoms with E-state index in [0.717, 1.165) is 0 Å². The Bertz CT molecular complexity index is 235. The van der Waals surface area contributed by atoms with Crippen LogP contribution in [0.4, 0.5) is 4.39 Å². The van der Waals surface area contributed by atoms with Gasteiger partial charge >= 0.3 is 0 Å². The number of benzene rings is 1. The maximum Gasteiger partial charge on any atom is 0.126 e. The van der Waals surface area contributed by atoms with Gasteiger partial charge < -0.3 is 5.11 Å². The van der Waals surface area contributed by atoms with Gasteiger partial charge in [-0.15, -0.1) is 0 Å². The number of rotatable bonds is 2. The molecule has 1 N–H and O–H groups in total. The summed E-state index contributed by atoms with van der Waals surface area (Å²) in [6.07, 6.45) is 0. The third-order valence-corrected chi connectivity index (χ3v) is 1.71.